The first-order valence-electron chi connectivity index (χ1n) is 4.55. The van der Waals surface area contributed by atoms with Crippen molar-refractivity contribution in [2.75, 3.05) is 19.4 Å². The molecule has 2 atom stereocenters. The number of halogens is 3. The summed E-state index contributed by atoms with van der Waals surface area (Å²) < 4.78 is 35.3. The van der Waals surface area contributed by atoms with E-state index in [1.807, 2.05) is 0 Å². The maximum atomic E-state index is 11.8. The molecule has 96 valence electrons. The van der Waals surface area contributed by atoms with Crippen molar-refractivity contribution in [3.8, 4) is 0 Å². The van der Waals surface area contributed by atoms with Gasteiger partial charge in [0.2, 0.25) is 0 Å². The number of aliphatic hydroxyl groups excluding tert-OH is 1. The van der Waals surface area contributed by atoms with E-state index >= 15 is 0 Å². The minimum absolute atomic E-state index is 0.151. The molecule has 0 rings (SSSR count). The molecule has 0 fully saturated rings. The summed E-state index contributed by atoms with van der Waals surface area (Å²) in [4.78, 5) is 11.0. The zero-order chi connectivity index (χ0) is 12.8. The molecule has 4 nitrogen and oxygen atoms in total. The monoisotopic (exact) mass is 260 g/mol. The molecule has 2 amide bonds. The number of amides is 2. The first-order chi connectivity index (χ1) is 7.30. The summed E-state index contributed by atoms with van der Waals surface area (Å²) >= 11 is 1.33. The highest BCUT2D eigenvalue weighted by atomic mass is 32.2. The lowest BCUT2D eigenvalue weighted by molar-refractivity contribution is -0.122. The molecule has 0 spiro atoms. The molecule has 0 aromatic carbocycles. The Morgan fingerprint density at radius 2 is 2.06 bits per heavy atom. The number of alkyl halides is 3. The summed E-state index contributed by atoms with van der Waals surface area (Å²) in [6, 6.07) is -1.30. The van der Waals surface area contributed by atoms with Crippen LogP contribution in [0.1, 0.15) is 6.92 Å². The van der Waals surface area contributed by atoms with Gasteiger partial charge in [-0.2, -0.15) is 24.9 Å². The highest BCUT2D eigenvalue weighted by Gasteiger charge is 2.28. The average molecular weight is 260 g/mol. The van der Waals surface area contributed by atoms with E-state index < -0.39 is 24.8 Å². The maximum Gasteiger partial charge on any atom is 0.405 e. The van der Waals surface area contributed by atoms with Gasteiger partial charge < -0.3 is 15.7 Å². The Bertz CT molecular complexity index is 222. The standard InChI is InChI=1S/C8H15F3N2O2S/c1-5(6(3-14)16-2)13-7(15)12-4-8(9,10)11/h5-6,14H,3-4H2,1-2H3,(H2,12,13,15)/t5-,6+/m0/s1. The van der Waals surface area contributed by atoms with Gasteiger partial charge in [0.15, 0.2) is 0 Å². The van der Waals surface area contributed by atoms with Crippen molar-refractivity contribution in [3.63, 3.8) is 0 Å². The fourth-order valence-corrected chi connectivity index (χ4v) is 1.59. The van der Waals surface area contributed by atoms with Crippen LogP contribution in [0.4, 0.5) is 18.0 Å². The Hall–Kier alpha value is -0.630. The quantitative estimate of drug-likeness (QED) is 0.690. The van der Waals surface area contributed by atoms with Gasteiger partial charge in [0.25, 0.3) is 0 Å². The topological polar surface area (TPSA) is 61.4 Å². The van der Waals surface area contributed by atoms with Crippen molar-refractivity contribution in [1.82, 2.24) is 10.6 Å². The molecule has 0 aliphatic carbocycles. The van der Waals surface area contributed by atoms with E-state index in [1.165, 1.54) is 11.8 Å². The van der Waals surface area contributed by atoms with Crippen molar-refractivity contribution in [2.45, 2.75) is 24.4 Å². The van der Waals surface area contributed by atoms with Crippen LogP contribution in [0.2, 0.25) is 0 Å². The van der Waals surface area contributed by atoms with Gasteiger partial charge >= 0.3 is 12.2 Å². The fourth-order valence-electron chi connectivity index (χ4n) is 0.968. The lowest BCUT2D eigenvalue weighted by Gasteiger charge is -2.21. The molecule has 0 radical (unpaired) electrons. The van der Waals surface area contributed by atoms with E-state index in [0.29, 0.717) is 0 Å². The Labute approximate surface area is 96.0 Å². The molecule has 0 aliphatic heterocycles. The number of carbonyl (C=O) groups excluding carboxylic acids is 1. The van der Waals surface area contributed by atoms with Crippen LogP contribution in [0, 0.1) is 0 Å². The summed E-state index contributed by atoms with van der Waals surface area (Å²) in [6.07, 6.45) is -2.68. The first-order valence-corrected chi connectivity index (χ1v) is 5.83. The summed E-state index contributed by atoms with van der Waals surface area (Å²) in [7, 11) is 0. The van der Waals surface area contributed by atoms with Gasteiger partial charge in [-0.15, -0.1) is 0 Å². The van der Waals surface area contributed by atoms with E-state index in [9.17, 15) is 18.0 Å². The van der Waals surface area contributed by atoms with Crippen LogP contribution in [-0.4, -0.2) is 48.0 Å². The van der Waals surface area contributed by atoms with Gasteiger partial charge in [0.05, 0.1) is 6.61 Å². The normalized spacial score (nSPS) is 15.4. The van der Waals surface area contributed by atoms with Crippen molar-refractivity contribution in [2.24, 2.45) is 0 Å². The van der Waals surface area contributed by atoms with Crippen molar-refractivity contribution >= 4 is 17.8 Å². The smallest absolute Gasteiger partial charge is 0.395 e. The minimum atomic E-state index is -4.42. The molecule has 8 heteroatoms. The Balaban J connectivity index is 3.95. The zero-order valence-corrected chi connectivity index (χ0v) is 9.78. The van der Waals surface area contributed by atoms with Crippen LogP contribution in [-0.2, 0) is 0 Å². The predicted octanol–water partition coefficient (Wildman–Crippen LogP) is 0.960. The summed E-state index contributed by atoms with van der Waals surface area (Å²) in [6.45, 7) is 0.0983. The number of rotatable bonds is 5. The average Bonchev–Trinajstić information content (AvgIpc) is 2.15. The highest BCUT2D eigenvalue weighted by molar-refractivity contribution is 7.99. The molecule has 0 aromatic heterocycles. The number of aliphatic hydroxyl groups is 1. The van der Waals surface area contributed by atoms with Crippen molar-refractivity contribution in [3.05, 3.63) is 0 Å². The zero-order valence-electron chi connectivity index (χ0n) is 8.97. The maximum absolute atomic E-state index is 11.8. The SMILES string of the molecule is CS[C@H](CO)[C@H](C)NC(=O)NCC(F)(F)F. The predicted molar refractivity (Wildman–Crippen MR) is 56.4 cm³/mol. The number of thioether (sulfide) groups is 1. The molecule has 0 aromatic rings. The van der Waals surface area contributed by atoms with E-state index in [-0.39, 0.29) is 11.9 Å². The van der Waals surface area contributed by atoms with Gasteiger partial charge in [-0.25, -0.2) is 4.79 Å². The number of hydrogen-bond donors (Lipinski definition) is 3. The molecule has 0 bridgehead atoms. The Morgan fingerprint density at radius 1 is 1.50 bits per heavy atom. The van der Waals surface area contributed by atoms with Gasteiger partial charge in [0.1, 0.15) is 6.54 Å². The molecule has 3 N–H and O–H groups in total. The number of hydrogen-bond acceptors (Lipinski definition) is 3. The third-order valence-electron chi connectivity index (χ3n) is 1.85. The minimum Gasteiger partial charge on any atom is -0.395 e. The van der Waals surface area contributed by atoms with Crippen LogP contribution in [0.15, 0.2) is 0 Å². The molecule has 0 heterocycles. The van der Waals surface area contributed by atoms with Gasteiger partial charge in [0, 0.05) is 11.3 Å². The Morgan fingerprint density at radius 3 is 2.44 bits per heavy atom. The third kappa shape index (κ3) is 6.78. The second-order valence-corrected chi connectivity index (χ2v) is 4.26. The lowest BCUT2D eigenvalue weighted by atomic mass is 10.2. The van der Waals surface area contributed by atoms with Gasteiger partial charge in [-0.05, 0) is 13.2 Å². The number of urea groups is 1. The third-order valence-corrected chi connectivity index (χ3v) is 3.01. The molecule has 0 aliphatic rings. The van der Waals surface area contributed by atoms with Crippen molar-refractivity contribution < 1.29 is 23.1 Å². The molecule has 0 unspecified atom stereocenters. The Kier molecular flexibility index (Phi) is 6.58. The van der Waals surface area contributed by atoms with E-state index in [1.54, 1.807) is 18.5 Å². The van der Waals surface area contributed by atoms with E-state index in [2.05, 4.69) is 5.32 Å². The summed E-state index contributed by atoms with van der Waals surface area (Å²) in [5.74, 6) is 0. The van der Waals surface area contributed by atoms with Crippen LogP contribution in [0.3, 0.4) is 0 Å². The van der Waals surface area contributed by atoms with E-state index in [0.717, 1.165) is 0 Å². The van der Waals surface area contributed by atoms with Gasteiger partial charge in [-0.3, -0.25) is 0 Å². The number of carbonyl (C=O) groups is 1. The first kappa shape index (κ1) is 15.4. The molecular formula is C8H15F3N2O2S. The largest absolute Gasteiger partial charge is 0.405 e. The summed E-state index contributed by atoms with van der Waals surface area (Å²) in [5.41, 5.74) is 0. The number of nitrogens with one attached hydrogen (secondary N) is 2. The van der Waals surface area contributed by atoms with E-state index in [4.69, 9.17) is 5.11 Å². The van der Waals surface area contributed by atoms with Gasteiger partial charge in [-0.1, -0.05) is 0 Å². The summed E-state index contributed by atoms with van der Waals surface area (Å²) in [5, 5.41) is 12.7. The highest BCUT2D eigenvalue weighted by Crippen LogP contribution is 2.12. The lowest BCUT2D eigenvalue weighted by Crippen LogP contribution is -2.48. The van der Waals surface area contributed by atoms with Crippen molar-refractivity contribution in [1.29, 1.82) is 0 Å². The fraction of sp³-hybridized carbons (Fsp3) is 0.875. The second kappa shape index (κ2) is 6.85. The second-order valence-electron chi connectivity index (χ2n) is 3.19. The molecule has 16 heavy (non-hydrogen) atoms. The molecule has 0 saturated heterocycles. The van der Waals surface area contributed by atoms with Crippen LogP contribution >= 0.6 is 11.8 Å². The molecule has 0 saturated carbocycles. The van der Waals surface area contributed by atoms with Crippen LogP contribution in [0.25, 0.3) is 0 Å². The van der Waals surface area contributed by atoms with Crippen LogP contribution < -0.4 is 10.6 Å². The molecular weight excluding hydrogens is 245 g/mol. The van der Waals surface area contributed by atoms with Crippen LogP contribution in [0.5, 0.6) is 0 Å².